The van der Waals surface area contributed by atoms with E-state index in [1.165, 1.54) is 0 Å². The zero-order valence-electron chi connectivity index (χ0n) is 14.2. The van der Waals surface area contributed by atoms with Crippen molar-refractivity contribution in [3.63, 3.8) is 0 Å². The third-order valence-corrected chi connectivity index (χ3v) is 4.41. The van der Waals surface area contributed by atoms with Gasteiger partial charge < -0.3 is 49.6 Å². The Morgan fingerprint density at radius 2 is 1.73 bits per heavy atom. The highest BCUT2D eigenvalue weighted by Gasteiger charge is 2.46. The fourth-order valence-corrected chi connectivity index (χ4v) is 2.77. The average Bonchev–Trinajstić information content (AvgIpc) is 2.64. The molecular weight excluding hydrogens is 356 g/mol. The Balaban J connectivity index is 2.00. The Morgan fingerprint density at radius 1 is 1.04 bits per heavy atom. The predicted octanol–water partition coefficient (Wildman–Crippen LogP) is -3.75. The molecular formula is C15H26O11. The van der Waals surface area contributed by atoms with Crippen LogP contribution in [0.4, 0.5) is 0 Å². The normalized spacial score (nSPS) is 43.9. The summed E-state index contributed by atoms with van der Waals surface area (Å²) in [6.07, 6.45) is -12.0. The first-order valence-electron chi connectivity index (χ1n) is 8.39. The SMILES string of the molecule is CCC(=O)O[C@H]1[C@H](O)[C@@H](O)CO[C@@H]1CO[C@@H]1O[C@H](CO)[C@@H](O)[C@H](O)[C@H]1O. The van der Waals surface area contributed by atoms with Crippen molar-refractivity contribution in [2.45, 2.75) is 68.5 Å². The molecule has 0 spiro atoms. The molecule has 11 heteroatoms. The second-order valence-corrected chi connectivity index (χ2v) is 6.27. The minimum atomic E-state index is -1.60. The number of aliphatic hydroxyl groups excluding tert-OH is 6. The van der Waals surface area contributed by atoms with Crippen LogP contribution in [0.25, 0.3) is 0 Å². The van der Waals surface area contributed by atoms with E-state index in [4.69, 9.17) is 24.1 Å². The first-order valence-corrected chi connectivity index (χ1v) is 8.39. The summed E-state index contributed by atoms with van der Waals surface area (Å²) in [7, 11) is 0. The molecule has 2 heterocycles. The van der Waals surface area contributed by atoms with Gasteiger partial charge in [0.05, 0.1) is 19.8 Å². The van der Waals surface area contributed by atoms with E-state index in [1.807, 2.05) is 0 Å². The molecule has 0 radical (unpaired) electrons. The minimum absolute atomic E-state index is 0.0552. The number of ether oxygens (including phenoxy) is 4. The molecule has 11 nitrogen and oxygen atoms in total. The lowest BCUT2D eigenvalue weighted by Crippen LogP contribution is -2.60. The molecule has 26 heavy (non-hydrogen) atoms. The molecule has 0 aromatic heterocycles. The Morgan fingerprint density at radius 3 is 2.35 bits per heavy atom. The molecule has 0 saturated carbocycles. The quantitative estimate of drug-likeness (QED) is 0.249. The molecule has 152 valence electrons. The van der Waals surface area contributed by atoms with Crippen molar-refractivity contribution < 1.29 is 54.4 Å². The topological polar surface area (TPSA) is 175 Å². The van der Waals surface area contributed by atoms with E-state index >= 15 is 0 Å². The van der Waals surface area contributed by atoms with Gasteiger partial charge in [0, 0.05) is 6.42 Å². The van der Waals surface area contributed by atoms with Gasteiger partial charge in [-0.3, -0.25) is 4.79 Å². The molecule has 0 aromatic rings. The molecule has 6 N–H and O–H groups in total. The number of esters is 1. The maximum atomic E-state index is 11.5. The van der Waals surface area contributed by atoms with Crippen LogP contribution in [0.15, 0.2) is 0 Å². The van der Waals surface area contributed by atoms with Crippen LogP contribution < -0.4 is 0 Å². The Bertz CT molecular complexity index is 459. The monoisotopic (exact) mass is 382 g/mol. The standard InChI is InChI=1S/C15H26O11/c1-2-9(18)26-14-8(23-4-6(17)10(14)19)5-24-15-13(22)12(21)11(20)7(3-16)25-15/h6-8,10-17,19-22H,2-5H2,1H3/t6-,7+,8+,10+,11+,12-,13+,14+,15+/m0/s1. The van der Waals surface area contributed by atoms with E-state index in [2.05, 4.69) is 0 Å². The maximum absolute atomic E-state index is 11.5. The van der Waals surface area contributed by atoms with E-state index in [0.29, 0.717) is 0 Å². The van der Waals surface area contributed by atoms with Crippen LogP contribution in [0, 0.1) is 0 Å². The summed E-state index contributed by atoms with van der Waals surface area (Å²) in [4.78, 5) is 11.5. The van der Waals surface area contributed by atoms with Crippen molar-refractivity contribution in [1.29, 1.82) is 0 Å². The van der Waals surface area contributed by atoms with Crippen LogP contribution in [0.5, 0.6) is 0 Å². The number of carbonyl (C=O) groups excluding carboxylic acids is 1. The molecule has 2 aliphatic heterocycles. The molecule has 0 aromatic carbocycles. The summed E-state index contributed by atoms with van der Waals surface area (Å²) in [5, 5.41) is 58.3. The van der Waals surface area contributed by atoms with E-state index in [9.17, 15) is 30.3 Å². The van der Waals surface area contributed by atoms with Crippen LogP contribution >= 0.6 is 0 Å². The lowest BCUT2D eigenvalue weighted by molar-refractivity contribution is -0.311. The first-order chi connectivity index (χ1) is 12.3. The van der Waals surface area contributed by atoms with E-state index in [1.54, 1.807) is 6.92 Å². The van der Waals surface area contributed by atoms with Crippen LogP contribution in [0.1, 0.15) is 13.3 Å². The zero-order chi connectivity index (χ0) is 19.4. The first kappa shape index (κ1) is 21.4. The van der Waals surface area contributed by atoms with Gasteiger partial charge in [0.1, 0.15) is 42.7 Å². The van der Waals surface area contributed by atoms with E-state index in [0.717, 1.165) is 0 Å². The zero-order valence-corrected chi connectivity index (χ0v) is 14.2. The van der Waals surface area contributed by atoms with Crippen molar-refractivity contribution in [3.8, 4) is 0 Å². The third kappa shape index (κ3) is 4.68. The Hall–Kier alpha value is -0.890. The second-order valence-electron chi connectivity index (χ2n) is 6.27. The third-order valence-electron chi connectivity index (χ3n) is 4.41. The summed E-state index contributed by atoms with van der Waals surface area (Å²) in [6.45, 7) is 0.429. The van der Waals surface area contributed by atoms with Crippen LogP contribution in [0.3, 0.4) is 0 Å². The molecule has 2 saturated heterocycles. The van der Waals surface area contributed by atoms with Crippen LogP contribution in [0.2, 0.25) is 0 Å². The molecule has 0 aliphatic carbocycles. The number of hydrogen-bond donors (Lipinski definition) is 6. The number of aliphatic hydroxyl groups is 6. The summed E-state index contributed by atoms with van der Waals surface area (Å²) in [5.41, 5.74) is 0. The van der Waals surface area contributed by atoms with Gasteiger partial charge in [-0.25, -0.2) is 0 Å². The van der Waals surface area contributed by atoms with Gasteiger partial charge in [-0.05, 0) is 0 Å². The van der Waals surface area contributed by atoms with Gasteiger partial charge in [0.25, 0.3) is 0 Å². The molecule has 0 unspecified atom stereocenters. The molecule has 2 fully saturated rings. The van der Waals surface area contributed by atoms with Crippen LogP contribution in [-0.4, -0.2) is 112 Å². The highest BCUT2D eigenvalue weighted by molar-refractivity contribution is 5.69. The molecule has 2 aliphatic rings. The lowest BCUT2D eigenvalue weighted by atomic mass is 9.99. The number of hydrogen-bond acceptors (Lipinski definition) is 11. The van der Waals surface area contributed by atoms with Gasteiger partial charge in [-0.1, -0.05) is 6.92 Å². The molecule has 0 amide bonds. The average molecular weight is 382 g/mol. The van der Waals surface area contributed by atoms with Crippen molar-refractivity contribution in [1.82, 2.24) is 0 Å². The fraction of sp³-hybridized carbons (Fsp3) is 0.933. The Kier molecular flexibility index (Phi) is 7.70. The fourth-order valence-electron chi connectivity index (χ4n) is 2.77. The number of carbonyl (C=O) groups is 1. The van der Waals surface area contributed by atoms with Crippen molar-refractivity contribution in [2.24, 2.45) is 0 Å². The highest BCUT2D eigenvalue weighted by atomic mass is 16.7. The molecule has 2 rings (SSSR count). The summed E-state index contributed by atoms with van der Waals surface area (Å²) < 4.78 is 21.0. The summed E-state index contributed by atoms with van der Waals surface area (Å²) in [6, 6.07) is 0. The Labute approximate surface area is 149 Å². The van der Waals surface area contributed by atoms with Gasteiger partial charge in [0.2, 0.25) is 0 Å². The predicted molar refractivity (Wildman–Crippen MR) is 81.6 cm³/mol. The lowest BCUT2D eigenvalue weighted by Gasteiger charge is -2.41. The van der Waals surface area contributed by atoms with Crippen molar-refractivity contribution >= 4 is 5.97 Å². The summed E-state index contributed by atoms with van der Waals surface area (Å²) in [5.74, 6) is -0.607. The minimum Gasteiger partial charge on any atom is -0.457 e. The van der Waals surface area contributed by atoms with Crippen molar-refractivity contribution in [3.05, 3.63) is 0 Å². The molecule has 9 atom stereocenters. The van der Waals surface area contributed by atoms with Gasteiger partial charge >= 0.3 is 5.97 Å². The second kappa shape index (κ2) is 9.35. The van der Waals surface area contributed by atoms with E-state index < -0.39 is 67.7 Å². The number of rotatable bonds is 6. The van der Waals surface area contributed by atoms with Gasteiger partial charge in [0.15, 0.2) is 12.4 Å². The highest BCUT2D eigenvalue weighted by Crippen LogP contribution is 2.24. The summed E-state index contributed by atoms with van der Waals surface area (Å²) >= 11 is 0. The van der Waals surface area contributed by atoms with Crippen LogP contribution in [-0.2, 0) is 23.7 Å². The van der Waals surface area contributed by atoms with Gasteiger partial charge in [-0.2, -0.15) is 0 Å². The smallest absolute Gasteiger partial charge is 0.305 e. The molecule has 0 bridgehead atoms. The largest absolute Gasteiger partial charge is 0.457 e. The van der Waals surface area contributed by atoms with Gasteiger partial charge in [-0.15, -0.1) is 0 Å². The van der Waals surface area contributed by atoms with Crippen molar-refractivity contribution in [2.75, 3.05) is 19.8 Å². The van der Waals surface area contributed by atoms with E-state index in [-0.39, 0.29) is 19.6 Å². The maximum Gasteiger partial charge on any atom is 0.305 e.